The van der Waals surface area contributed by atoms with Crippen molar-refractivity contribution in [1.82, 2.24) is 9.88 Å². The van der Waals surface area contributed by atoms with Crippen molar-refractivity contribution in [1.29, 1.82) is 0 Å². The van der Waals surface area contributed by atoms with Crippen molar-refractivity contribution in [2.75, 3.05) is 14.2 Å². The van der Waals surface area contributed by atoms with Gasteiger partial charge in [-0.3, -0.25) is 9.59 Å². The van der Waals surface area contributed by atoms with Crippen LogP contribution in [0.25, 0.3) is 10.9 Å². The molecule has 3 rings (SSSR count). The van der Waals surface area contributed by atoms with E-state index in [1.54, 1.807) is 43.1 Å². The number of ether oxygens (including phenoxy) is 2. The molecule has 3 aromatic rings. The number of benzene rings is 2. The van der Waals surface area contributed by atoms with E-state index in [0.717, 1.165) is 16.8 Å². The summed E-state index contributed by atoms with van der Waals surface area (Å²) in [6.07, 6.45) is 1.56. The second-order valence-corrected chi connectivity index (χ2v) is 5.90. The van der Waals surface area contributed by atoms with E-state index in [2.05, 4.69) is 5.32 Å². The van der Waals surface area contributed by atoms with Crippen molar-refractivity contribution in [2.45, 2.75) is 6.54 Å². The first-order chi connectivity index (χ1) is 12.5. The topological polar surface area (TPSA) is 69.6 Å². The zero-order chi connectivity index (χ0) is 18.7. The minimum atomic E-state index is -0.411. The summed E-state index contributed by atoms with van der Waals surface area (Å²) < 4.78 is 12.1. The van der Waals surface area contributed by atoms with Crippen LogP contribution in [-0.4, -0.2) is 24.7 Å². The summed E-state index contributed by atoms with van der Waals surface area (Å²) in [5.74, 6) is 0.911. The van der Waals surface area contributed by atoms with Gasteiger partial charge in [-0.25, -0.2) is 0 Å². The predicted octanol–water partition coefficient (Wildman–Crippen LogP) is 2.49. The lowest BCUT2D eigenvalue weighted by Gasteiger charge is -2.11. The largest absolute Gasteiger partial charge is 0.497 e. The van der Waals surface area contributed by atoms with Crippen LogP contribution in [0, 0.1) is 0 Å². The van der Waals surface area contributed by atoms with Crippen LogP contribution in [0.4, 0.5) is 0 Å². The highest BCUT2D eigenvalue weighted by Gasteiger charge is 2.15. The van der Waals surface area contributed by atoms with Crippen LogP contribution in [0.5, 0.6) is 11.5 Å². The lowest BCUT2D eigenvalue weighted by Crippen LogP contribution is -2.29. The Morgan fingerprint density at radius 1 is 1.04 bits per heavy atom. The molecule has 0 aliphatic rings. The fourth-order valence-electron chi connectivity index (χ4n) is 2.78. The van der Waals surface area contributed by atoms with Crippen LogP contribution in [0.15, 0.2) is 53.5 Å². The standard InChI is InChI=1S/C20H20N2O4/c1-22-12-17(19(23)16-10-15(26-3)8-9-18(16)22)20(24)21-11-13-4-6-14(25-2)7-5-13/h4-10,12H,11H2,1-3H3,(H,21,24). The highest BCUT2D eigenvalue weighted by molar-refractivity contribution is 5.97. The number of nitrogens with one attached hydrogen (secondary N) is 1. The Balaban J connectivity index is 1.87. The molecule has 0 atom stereocenters. The first-order valence-electron chi connectivity index (χ1n) is 8.12. The van der Waals surface area contributed by atoms with Gasteiger partial charge in [0.25, 0.3) is 5.91 Å². The molecule has 0 bridgehead atoms. The third kappa shape index (κ3) is 3.39. The van der Waals surface area contributed by atoms with Gasteiger partial charge in [-0.2, -0.15) is 0 Å². The Labute approximate surface area is 151 Å². The highest BCUT2D eigenvalue weighted by Crippen LogP contribution is 2.18. The van der Waals surface area contributed by atoms with Crippen molar-refractivity contribution in [3.05, 3.63) is 70.0 Å². The van der Waals surface area contributed by atoms with Gasteiger partial charge in [0.15, 0.2) is 0 Å². The number of fused-ring (bicyclic) bond motifs is 1. The molecule has 1 aromatic heterocycles. The summed E-state index contributed by atoms with van der Waals surface area (Å²) >= 11 is 0. The summed E-state index contributed by atoms with van der Waals surface area (Å²) in [7, 11) is 4.94. The van der Waals surface area contributed by atoms with Gasteiger partial charge in [-0.1, -0.05) is 12.1 Å². The fraction of sp³-hybridized carbons (Fsp3) is 0.200. The van der Waals surface area contributed by atoms with Crippen LogP contribution in [-0.2, 0) is 13.6 Å². The molecule has 6 heteroatoms. The third-order valence-corrected chi connectivity index (χ3v) is 4.25. The van der Waals surface area contributed by atoms with E-state index in [1.165, 1.54) is 7.11 Å². The molecule has 2 aromatic carbocycles. The maximum atomic E-state index is 12.7. The Morgan fingerprint density at radius 2 is 1.69 bits per heavy atom. The zero-order valence-electron chi connectivity index (χ0n) is 14.9. The van der Waals surface area contributed by atoms with Gasteiger partial charge >= 0.3 is 0 Å². The normalized spacial score (nSPS) is 10.6. The molecular formula is C20H20N2O4. The fourth-order valence-corrected chi connectivity index (χ4v) is 2.78. The summed E-state index contributed by atoms with van der Waals surface area (Å²) in [5, 5.41) is 3.24. The maximum absolute atomic E-state index is 12.7. The summed E-state index contributed by atoms with van der Waals surface area (Å²) in [6.45, 7) is 0.322. The molecule has 0 fully saturated rings. The molecule has 1 N–H and O–H groups in total. The van der Waals surface area contributed by atoms with E-state index in [9.17, 15) is 9.59 Å². The molecule has 1 heterocycles. The van der Waals surface area contributed by atoms with Gasteiger partial charge in [-0.05, 0) is 35.9 Å². The van der Waals surface area contributed by atoms with E-state index < -0.39 is 5.91 Å². The number of carbonyl (C=O) groups is 1. The number of methoxy groups -OCH3 is 2. The number of amides is 1. The molecule has 0 saturated carbocycles. The zero-order valence-corrected chi connectivity index (χ0v) is 14.9. The number of hydrogen-bond acceptors (Lipinski definition) is 4. The quantitative estimate of drug-likeness (QED) is 0.766. The van der Waals surface area contributed by atoms with Gasteiger partial charge < -0.3 is 19.4 Å². The summed E-state index contributed by atoms with van der Waals surface area (Å²) in [6, 6.07) is 12.6. The number of nitrogens with zero attached hydrogens (tertiary/aromatic N) is 1. The second-order valence-electron chi connectivity index (χ2n) is 5.90. The average molecular weight is 352 g/mol. The summed E-state index contributed by atoms with van der Waals surface area (Å²) in [5.41, 5.74) is 1.44. The molecule has 0 aliphatic carbocycles. The van der Waals surface area contributed by atoms with E-state index >= 15 is 0 Å². The summed E-state index contributed by atoms with van der Waals surface area (Å²) in [4.78, 5) is 25.3. The van der Waals surface area contributed by atoms with E-state index in [0.29, 0.717) is 17.7 Å². The van der Waals surface area contributed by atoms with Crippen molar-refractivity contribution < 1.29 is 14.3 Å². The maximum Gasteiger partial charge on any atom is 0.257 e. The number of rotatable bonds is 5. The Hall–Kier alpha value is -3.28. The van der Waals surface area contributed by atoms with E-state index in [1.807, 2.05) is 24.3 Å². The molecule has 0 unspecified atom stereocenters. The Kier molecular flexibility index (Phi) is 4.93. The van der Waals surface area contributed by atoms with Gasteiger partial charge in [0, 0.05) is 19.8 Å². The van der Waals surface area contributed by atoms with Crippen LogP contribution >= 0.6 is 0 Å². The number of hydrogen-bond donors (Lipinski definition) is 1. The molecular weight excluding hydrogens is 332 g/mol. The van der Waals surface area contributed by atoms with Crippen LogP contribution in [0.3, 0.4) is 0 Å². The second kappa shape index (κ2) is 7.31. The first-order valence-corrected chi connectivity index (χ1v) is 8.12. The van der Waals surface area contributed by atoms with Gasteiger partial charge in [0.2, 0.25) is 5.43 Å². The predicted molar refractivity (Wildman–Crippen MR) is 99.9 cm³/mol. The van der Waals surface area contributed by atoms with E-state index in [-0.39, 0.29) is 11.0 Å². The Bertz CT molecular complexity index is 1010. The molecule has 134 valence electrons. The molecule has 0 spiro atoms. The van der Waals surface area contributed by atoms with Gasteiger partial charge in [0.05, 0.1) is 25.1 Å². The highest BCUT2D eigenvalue weighted by atomic mass is 16.5. The molecule has 0 aliphatic heterocycles. The minimum Gasteiger partial charge on any atom is -0.497 e. The van der Waals surface area contributed by atoms with Gasteiger partial charge in [-0.15, -0.1) is 0 Å². The number of aryl methyl sites for hydroxylation is 1. The lowest BCUT2D eigenvalue weighted by atomic mass is 10.1. The molecule has 0 saturated heterocycles. The van der Waals surface area contributed by atoms with E-state index in [4.69, 9.17) is 9.47 Å². The molecule has 26 heavy (non-hydrogen) atoms. The van der Waals surface area contributed by atoms with Crippen molar-refractivity contribution in [3.8, 4) is 11.5 Å². The number of carbonyl (C=O) groups excluding carboxylic acids is 1. The number of aromatic nitrogens is 1. The van der Waals surface area contributed by atoms with Crippen LogP contribution in [0.1, 0.15) is 15.9 Å². The van der Waals surface area contributed by atoms with Gasteiger partial charge in [0.1, 0.15) is 17.1 Å². The van der Waals surface area contributed by atoms with Crippen molar-refractivity contribution in [3.63, 3.8) is 0 Å². The van der Waals surface area contributed by atoms with Crippen molar-refractivity contribution in [2.24, 2.45) is 7.05 Å². The SMILES string of the molecule is COc1ccc(CNC(=O)c2cn(C)c3ccc(OC)cc3c2=O)cc1. The third-order valence-electron chi connectivity index (χ3n) is 4.25. The minimum absolute atomic E-state index is 0.0989. The van der Waals surface area contributed by atoms with Crippen LogP contribution < -0.4 is 20.2 Å². The number of pyridine rings is 1. The average Bonchev–Trinajstić information content (AvgIpc) is 2.68. The monoisotopic (exact) mass is 352 g/mol. The van der Waals surface area contributed by atoms with Crippen LogP contribution in [0.2, 0.25) is 0 Å². The molecule has 6 nitrogen and oxygen atoms in total. The van der Waals surface area contributed by atoms with Crippen molar-refractivity contribution >= 4 is 16.8 Å². The Morgan fingerprint density at radius 3 is 2.35 bits per heavy atom. The first kappa shape index (κ1) is 17.5. The lowest BCUT2D eigenvalue weighted by molar-refractivity contribution is 0.0949. The molecule has 1 amide bonds. The molecule has 0 radical (unpaired) electrons. The smallest absolute Gasteiger partial charge is 0.257 e.